The van der Waals surface area contributed by atoms with E-state index in [2.05, 4.69) is 23.2 Å². The van der Waals surface area contributed by atoms with Crippen molar-refractivity contribution in [1.82, 2.24) is 5.32 Å². The summed E-state index contributed by atoms with van der Waals surface area (Å²) in [4.78, 5) is 21.5. The molecule has 1 aromatic carbocycles. The number of fused-ring (bicyclic) bond motifs is 2. The number of carboxylic acid groups (broad SMARTS) is 2. The summed E-state index contributed by atoms with van der Waals surface area (Å²) in [6.07, 6.45) is 3.34. The number of benzene rings is 1. The lowest BCUT2D eigenvalue weighted by Crippen LogP contribution is -2.36. The molecule has 0 unspecified atom stereocenters. The standard InChI is InChI=1S/C16H24N2O2.C4H4O4/c1-12-14-4-6-17-5-3-13(14)11-15-16(12)18(7-9-19-2)8-10-20-15;5-3(6)1-2-4(7)8/h11,17H,3-10H2,1-2H3;1-2H,(H,5,6)(H,7,8)/b;2-1+. The van der Waals surface area contributed by atoms with Gasteiger partial charge in [-0.25, -0.2) is 9.59 Å². The van der Waals surface area contributed by atoms with Crippen molar-refractivity contribution in [3.8, 4) is 5.75 Å². The SMILES string of the molecule is COCCN1CCOc2cc3c(c(C)c21)CCNCC3.O=C(O)/C=C/C(=O)O. The summed E-state index contributed by atoms with van der Waals surface area (Å²) in [6, 6.07) is 2.27. The lowest BCUT2D eigenvalue weighted by molar-refractivity contribution is -0.134. The number of carbonyl (C=O) groups is 2. The Morgan fingerprint density at radius 3 is 2.57 bits per heavy atom. The smallest absolute Gasteiger partial charge is 0.328 e. The largest absolute Gasteiger partial charge is 0.490 e. The van der Waals surface area contributed by atoms with Crippen molar-refractivity contribution in [2.45, 2.75) is 19.8 Å². The molecule has 0 saturated heterocycles. The van der Waals surface area contributed by atoms with E-state index in [1.165, 1.54) is 22.4 Å². The lowest BCUT2D eigenvalue weighted by Gasteiger charge is -2.34. The van der Waals surface area contributed by atoms with Gasteiger partial charge >= 0.3 is 11.9 Å². The molecule has 0 bridgehead atoms. The second kappa shape index (κ2) is 10.7. The highest BCUT2D eigenvalue weighted by Crippen LogP contribution is 2.39. The Bertz CT molecular complexity index is 716. The summed E-state index contributed by atoms with van der Waals surface area (Å²) in [7, 11) is 1.76. The van der Waals surface area contributed by atoms with Crippen LogP contribution in [0.15, 0.2) is 18.2 Å². The molecule has 0 radical (unpaired) electrons. The summed E-state index contributed by atoms with van der Waals surface area (Å²) in [6.45, 7) is 7.81. The minimum absolute atomic E-state index is 0.558. The van der Waals surface area contributed by atoms with Gasteiger partial charge in [0.15, 0.2) is 0 Å². The molecule has 8 nitrogen and oxygen atoms in total. The highest BCUT2D eigenvalue weighted by molar-refractivity contribution is 5.89. The molecule has 0 atom stereocenters. The van der Waals surface area contributed by atoms with Gasteiger partial charge in [0.25, 0.3) is 0 Å². The van der Waals surface area contributed by atoms with E-state index in [0.29, 0.717) is 12.2 Å². The Hall–Kier alpha value is -2.58. The zero-order chi connectivity index (χ0) is 20.5. The molecule has 0 aliphatic carbocycles. The van der Waals surface area contributed by atoms with Crippen LogP contribution in [0.3, 0.4) is 0 Å². The summed E-state index contributed by atoms with van der Waals surface area (Å²) < 4.78 is 11.2. The van der Waals surface area contributed by atoms with Crippen LogP contribution in [0.25, 0.3) is 0 Å². The number of nitrogens with one attached hydrogen (secondary N) is 1. The van der Waals surface area contributed by atoms with E-state index in [0.717, 1.165) is 58.0 Å². The van der Waals surface area contributed by atoms with Crippen LogP contribution in [-0.4, -0.2) is 68.7 Å². The number of rotatable bonds is 5. The van der Waals surface area contributed by atoms with Crippen molar-refractivity contribution in [3.63, 3.8) is 0 Å². The number of anilines is 1. The minimum Gasteiger partial charge on any atom is -0.490 e. The van der Waals surface area contributed by atoms with Gasteiger partial charge in [-0.05, 0) is 55.6 Å². The Kier molecular flexibility index (Phi) is 8.28. The monoisotopic (exact) mass is 392 g/mol. The summed E-state index contributed by atoms with van der Waals surface area (Å²) >= 11 is 0. The number of hydrogen-bond donors (Lipinski definition) is 3. The first kappa shape index (κ1) is 21.7. The van der Waals surface area contributed by atoms with Crippen LogP contribution in [-0.2, 0) is 27.2 Å². The van der Waals surface area contributed by atoms with Crippen LogP contribution < -0.4 is 15.0 Å². The van der Waals surface area contributed by atoms with E-state index in [-0.39, 0.29) is 0 Å². The van der Waals surface area contributed by atoms with Crippen LogP contribution in [0, 0.1) is 6.92 Å². The minimum atomic E-state index is -1.26. The fourth-order valence-electron chi connectivity index (χ4n) is 3.46. The predicted octanol–water partition coefficient (Wildman–Crippen LogP) is 1.24. The van der Waals surface area contributed by atoms with E-state index < -0.39 is 11.9 Å². The molecule has 2 heterocycles. The lowest BCUT2D eigenvalue weighted by atomic mass is 9.94. The molecule has 3 rings (SSSR count). The van der Waals surface area contributed by atoms with Gasteiger partial charge in [0, 0.05) is 25.8 Å². The quantitative estimate of drug-likeness (QED) is 0.643. The van der Waals surface area contributed by atoms with Gasteiger partial charge in [-0.1, -0.05) is 0 Å². The predicted molar refractivity (Wildman–Crippen MR) is 105 cm³/mol. The summed E-state index contributed by atoms with van der Waals surface area (Å²) in [5.41, 5.74) is 5.66. The Labute approximate surface area is 164 Å². The maximum atomic E-state index is 9.55. The molecule has 2 aliphatic heterocycles. The third kappa shape index (κ3) is 5.97. The van der Waals surface area contributed by atoms with Gasteiger partial charge < -0.3 is 29.9 Å². The zero-order valence-electron chi connectivity index (χ0n) is 16.4. The molecule has 0 saturated carbocycles. The van der Waals surface area contributed by atoms with Gasteiger partial charge in [-0.2, -0.15) is 0 Å². The fourth-order valence-corrected chi connectivity index (χ4v) is 3.46. The average molecular weight is 392 g/mol. The normalized spacial score (nSPS) is 15.6. The van der Waals surface area contributed by atoms with E-state index in [4.69, 9.17) is 19.7 Å². The first-order chi connectivity index (χ1) is 13.4. The van der Waals surface area contributed by atoms with Crippen molar-refractivity contribution in [3.05, 3.63) is 34.9 Å². The number of nitrogens with zero attached hydrogens (tertiary/aromatic N) is 1. The van der Waals surface area contributed by atoms with Crippen molar-refractivity contribution in [2.24, 2.45) is 0 Å². The second-order valence-corrected chi connectivity index (χ2v) is 6.57. The first-order valence-corrected chi connectivity index (χ1v) is 9.30. The highest BCUT2D eigenvalue weighted by atomic mass is 16.5. The molecule has 0 fully saturated rings. The fraction of sp³-hybridized carbons (Fsp3) is 0.500. The maximum Gasteiger partial charge on any atom is 0.328 e. The number of hydrogen-bond acceptors (Lipinski definition) is 6. The van der Waals surface area contributed by atoms with Gasteiger partial charge in [0.05, 0.1) is 18.8 Å². The molecule has 2 aliphatic rings. The van der Waals surface area contributed by atoms with Crippen LogP contribution in [0.2, 0.25) is 0 Å². The molecule has 28 heavy (non-hydrogen) atoms. The Morgan fingerprint density at radius 1 is 1.25 bits per heavy atom. The number of aliphatic carboxylic acids is 2. The van der Waals surface area contributed by atoms with Gasteiger partial charge in [0.1, 0.15) is 12.4 Å². The summed E-state index contributed by atoms with van der Waals surface area (Å²) in [5.74, 6) is -1.45. The van der Waals surface area contributed by atoms with Crippen molar-refractivity contribution in [2.75, 3.05) is 51.4 Å². The topological polar surface area (TPSA) is 108 Å². The molecule has 3 N–H and O–H groups in total. The third-order valence-corrected chi connectivity index (χ3v) is 4.73. The highest BCUT2D eigenvalue weighted by Gasteiger charge is 2.24. The van der Waals surface area contributed by atoms with E-state index >= 15 is 0 Å². The Balaban J connectivity index is 0.000000300. The molecule has 0 aromatic heterocycles. The van der Waals surface area contributed by atoms with Crippen LogP contribution in [0.4, 0.5) is 5.69 Å². The molecule has 0 spiro atoms. The van der Waals surface area contributed by atoms with E-state index in [9.17, 15) is 9.59 Å². The van der Waals surface area contributed by atoms with E-state index in [1.54, 1.807) is 7.11 Å². The van der Waals surface area contributed by atoms with Crippen molar-refractivity contribution < 1.29 is 29.3 Å². The summed E-state index contributed by atoms with van der Waals surface area (Å²) in [5, 5.41) is 19.1. The third-order valence-electron chi connectivity index (χ3n) is 4.73. The number of ether oxygens (including phenoxy) is 2. The van der Waals surface area contributed by atoms with Crippen LogP contribution in [0.5, 0.6) is 5.75 Å². The molecular weight excluding hydrogens is 364 g/mol. The number of carboxylic acids is 2. The zero-order valence-corrected chi connectivity index (χ0v) is 16.4. The van der Waals surface area contributed by atoms with Crippen LogP contribution >= 0.6 is 0 Å². The molecule has 8 heteroatoms. The first-order valence-electron chi connectivity index (χ1n) is 9.30. The van der Waals surface area contributed by atoms with Crippen LogP contribution in [0.1, 0.15) is 16.7 Å². The van der Waals surface area contributed by atoms with E-state index in [1.807, 2.05) is 0 Å². The van der Waals surface area contributed by atoms with Gasteiger partial charge in [-0.3, -0.25) is 0 Å². The average Bonchev–Trinajstić information content (AvgIpc) is 2.91. The molecule has 154 valence electrons. The molecule has 1 aromatic rings. The van der Waals surface area contributed by atoms with Crippen molar-refractivity contribution >= 4 is 17.6 Å². The number of methoxy groups -OCH3 is 1. The molecular formula is C20H28N2O6. The van der Waals surface area contributed by atoms with Gasteiger partial charge in [0.2, 0.25) is 0 Å². The van der Waals surface area contributed by atoms with Gasteiger partial charge in [-0.15, -0.1) is 0 Å². The van der Waals surface area contributed by atoms with Crippen molar-refractivity contribution in [1.29, 1.82) is 0 Å². The second-order valence-electron chi connectivity index (χ2n) is 6.57. The maximum absolute atomic E-state index is 9.55. The Morgan fingerprint density at radius 2 is 1.93 bits per heavy atom. The molecule has 0 amide bonds.